The normalized spacial score (nSPS) is 21.3. The lowest BCUT2D eigenvalue weighted by molar-refractivity contribution is 0.280. The Morgan fingerprint density at radius 2 is 2.11 bits per heavy atom. The predicted octanol–water partition coefficient (Wildman–Crippen LogP) is 4.32. The quantitative estimate of drug-likeness (QED) is 0.815. The molecule has 1 fully saturated rings. The van der Waals surface area contributed by atoms with Gasteiger partial charge < -0.3 is 10.2 Å². The molecule has 0 spiro atoms. The number of benzene rings is 1. The lowest BCUT2D eigenvalue weighted by atomic mass is 9.86. The van der Waals surface area contributed by atoms with Crippen molar-refractivity contribution in [2.24, 2.45) is 5.41 Å². The summed E-state index contributed by atoms with van der Waals surface area (Å²) in [5.74, 6) is 0. The number of rotatable bonds is 1. The molecule has 0 aromatic heterocycles. The molecule has 0 amide bonds. The Balaban J connectivity index is 2.25. The zero-order valence-electron chi connectivity index (χ0n) is 11.8. The second-order valence-electron chi connectivity index (χ2n) is 6.27. The van der Waals surface area contributed by atoms with Gasteiger partial charge in [0.15, 0.2) is 0 Å². The SMILES string of the molecule is CC(C)(C)C1CN(c2cc(Br)ccc2Cl)CCCN1. The van der Waals surface area contributed by atoms with Gasteiger partial charge in [-0.25, -0.2) is 0 Å². The zero-order chi connectivity index (χ0) is 14.0. The first kappa shape index (κ1) is 15.1. The molecule has 106 valence electrons. The smallest absolute Gasteiger partial charge is 0.0640 e. The van der Waals surface area contributed by atoms with Gasteiger partial charge in [-0.3, -0.25) is 0 Å². The van der Waals surface area contributed by atoms with Crippen LogP contribution in [0.5, 0.6) is 0 Å². The van der Waals surface area contributed by atoms with Gasteiger partial charge in [-0.05, 0) is 36.6 Å². The van der Waals surface area contributed by atoms with Gasteiger partial charge in [0.25, 0.3) is 0 Å². The van der Waals surface area contributed by atoms with Crippen LogP contribution in [0.3, 0.4) is 0 Å². The molecular weight excluding hydrogens is 324 g/mol. The van der Waals surface area contributed by atoms with E-state index in [9.17, 15) is 0 Å². The minimum absolute atomic E-state index is 0.251. The van der Waals surface area contributed by atoms with Crippen molar-refractivity contribution in [3.8, 4) is 0 Å². The zero-order valence-corrected chi connectivity index (χ0v) is 14.2. The van der Waals surface area contributed by atoms with Crippen molar-refractivity contribution >= 4 is 33.2 Å². The van der Waals surface area contributed by atoms with E-state index < -0.39 is 0 Å². The van der Waals surface area contributed by atoms with Gasteiger partial charge in [0, 0.05) is 23.6 Å². The van der Waals surface area contributed by atoms with E-state index in [0.29, 0.717) is 6.04 Å². The lowest BCUT2D eigenvalue weighted by Crippen LogP contribution is -2.46. The summed E-state index contributed by atoms with van der Waals surface area (Å²) in [5, 5.41) is 4.49. The van der Waals surface area contributed by atoms with E-state index in [-0.39, 0.29) is 5.41 Å². The maximum absolute atomic E-state index is 6.36. The molecule has 4 heteroatoms. The molecule has 2 nitrogen and oxygen atoms in total. The van der Waals surface area contributed by atoms with Crippen LogP contribution in [0.25, 0.3) is 0 Å². The van der Waals surface area contributed by atoms with Gasteiger partial charge in [0.1, 0.15) is 0 Å². The third-order valence-electron chi connectivity index (χ3n) is 3.69. The highest BCUT2D eigenvalue weighted by molar-refractivity contribution is 9.10. The van der Waals surface area contributed by atoms with Crippen LogP contribution in [0.15, 0.2) is 22.7 Å². The van der Waals surface area contributed by atoms with Crippen LogP contribution in [0, 0.1) is 5.41 Å². The number of halogens is 2. The van der Waals surface area contributed by atoms with E-state index in [1.165, 1.54) is 0 Å². The molecule has 2 rings (SSSR count). The Bertz CT molecular complexity index is 442. The summed E-state index contributed by atoms with van der Waals surface area (Å²) in [4.78, 5) is 2.41. The first-order valence-corrected chi connectivity index (χ1v) is 7.98. The first-order valence-electron chi connectivity index (χ1n) is 6.81. The van der Waals surface area contributed by atoms with Gasteiger partial charge >= 0.3 is 0 Å². The molecule has 0 radical (unpaired) electrons. The van der Waals surface area contributed by atoms with Crippen LogP contribution in [0.2, 0.25) is 5.02 Å². The fourth-order valence-electron chi connectivity index (χ4n) is 2.45. The minimum Gasteiger partial charge on any atom is -0.369 e. The fraction of sp³-hybridized carbons (Fsp3) is 0.600. The topological polar surface area (TPSA) is 15.3 Å². The first-order chi connectivity index (χ1) is 8.88. The van der Waals surface area contributed by atoms with E-state index in [1.54, 1.807) is 0 Å². The molecule has 1 saturated heterocycles. The highest BCUT2D eigenvalue weighted by Crippen LogP contribution is 2.31. The van der Waals surface area contributed by atoms with Crippen molar-refractivity contribution in [2.45, 2.75) is 33.2 Å². The molecular formula is C15H22BrClN2. The van der Waals surface area contributed by atoms with Gasteiger partial charge in [-0.2, -0.15) is 0 Å². The Morgan fingerprint density at radius 1 is 1.37 bits per heavy atom. The van der Waals surface area contributed by atoms with Crippen LogP contribution in [0.4, 0.5) is 5.69 Å². The van der Waals surface area contributed by atoms with Crippen LogP contribution in [0.1, 0.15) is 27.2 Å². The van der Waals surface area contributed by atoms with Gasteiger partial charge in [0.05, 0.1) is 10.7 Å². The van der Waals surface area contributed by atoms with Crippen LogP contribution >= 0.6 is 27.5 Å². The molecule has 1 aliphatic heterocycles. The van der Waals surface area contributed by atoms with E-state index in [1.807, 2.05) is 12.1 Å². The summed E-state index contributed by atoms with van der Waals surface area (Å²) in [5.41, 5.74) is 1.38. The second-order valence-corrected chi connectivity index (χ2v) is 7.59. The van der Waals surface area contributed by atoms with E-state index in [2.05, 4.69) is 53.0 Å². The largest absolute Gasteiger partial charge is 0.369 e. The van der Waals surface area contributed by atoms with Crippen LogP contribution in [-0.2, 0) is 0 Å². The molecule has 1 N–H and O–H groups in total. The number of anilines is 1. The highest BCUT2D eigenvalue weighted by Gasteiger charge is 2.28. The second kappa shape index (κ2) is 6.02. The Morgan fingerprint density at radius 3 is 2.79 bits per heavy atom. The van der Waals surface area contributed by atoms with Gasteiger partial charge in [-0.1, -0.05) is 48.3 Å². The average Bonchev–Trinajstić information content (AvgIpc) is 2.57. The summed E-state index contributed by atoms with van der Waals surface area (Å²) in [6.45, 7) is 9.99. The minimum atomic E-state index is 0.251. The van der Waals surface area contributed by atoms with E-state index in [4.69, 9.17) is 11.6 Å². The molecule has 0 bridgehead atoms. The lowest BCUT2D eigenvalue weighted by Gasteiger charge is -2.35. The predicted molar refractivity (Wildman–Crippen MR) is 87.2 cm³/mol. The molecule has 0 aliphatic carbocycles. The maximum atomic E-state index is 6.36. The number of nitrogens with one attached hydrogen (secondary N) is 1. The highest BCUT2D eigenvalue weighted by atomic mass is 79.9. The Hall–Kier alpha value is -0.250. The molecule has 1 aromatic carbocycles. The van der Waals surface area contributed by atoms with Gasteiger partial charge in [0.2, 0.25) is 0 Å². The van der Waals surface area contributed by atoms with Crippen molar-refractivity contribution in [3.05, 3.63) is 27.7 Å². The van der Waals surface area contributed by atoms with E-state index >= 15 is 0 Å². The molecule has 1 heterocycles. The Kier molecular flexibility index (Phi) is 4.80. The van der Waals surface area contributed by atoms with Crippen molar-refractivity contribution < 1.29 is 0 Å². The maximum Gasteiger partial charge on any atom is 0.0640 e. The summed E-state index contributed by atoms with van der Waals surface area (Å²) < 4.78 is 1.08. The van der Waals surface area contributed by atoms with Crippen LogP contribution in [-0.4, -0.2) is 25.7 Å². The average molecular weight is 346 g/mol. The summed E-state index contributed by atoms with van der Waals surface area (Å²) in [7, 11) is 0. The molecule has 19 heavy (non-hydrogen) atoms. The molecule has 1 aliphatic rings. The standard InChI is InChI=1S/C15H22BrClN2/c1-15(2,3)14-10-19(8-4-7-18-14)13-9-11(16)5-6-12(13)17/h5-6,9,14,18H,4,7-8,10H2,1-3H3. The number of hydrogen-bond donors (Lipinski definition) is 1. The fourth-order valence-corrected chi connectivity index (χ4v) is 3.04. The molecule has 1 unspecified atom stereocenters. The third kappa shape index (κ3) is 3.87. The number of nitrogens with zero attached hydrogens (tertiary/aromatic N) is 1. The van der Waals surface area contributed by atoms with Gasteiger partial charge in [-0.15, -0.1) is 0 Å². The molecule has 1 atom stereocenters. The van der Waals surface area contributed by atoms with E-state index in [0.717, 1.165) is 41.2 Å². The van der Waals surface area contributed by atoms with Crippen molar-refractivity contribution in [2.75, 3.05) is 24.5 Å². The molecule has 1 aromatic rings. The van der Waals surface area contributed by atoms with Crippen molar-refractivity contribution in [3.63, 3.8) is 0 Å². The summed E-state index contributed by atoms with van der Waals surface area (Å²) in [6.07, 6.45) is 1.15. The Labute approximate surface area is 129 Å². The molecule has 0 saturated carbocycles. The summed E-state index contributed by atoms with van der Waals surface area (Å²) >= 11 is 9.90. The van der Waals surface area contributed by atoms with Crippen molar-refractivity contribution in [1.82, 2.24) is 5.32 Å². The van der Waals surface area contributed by atoms with Crippen molar-refractivity contribution in [1.29, 1.82) is 0 Å². The third-order valence-corrected chi connectivity index (χ3v) is 4.51. The van der Waals surface area contributed by atoms with Crippen LogP contribution < -0.4 is 10.2 Å². The monoisotopic (exact) mass is 344 g/mol. The summed E-state index contributed by atoms with van der Waals surface area (Å²) in [6, 6.07) is 6.55. The number of hydrogen-bond acceptors (Lipinski definition) is 2.